The van der Waals surface area contributed by atoms with Crippen LogP contribution in [0.1, 0.15) is 85.5 Å². The topological polar surface area (TPSA) is 26.3 Å². The molecule has 0 spiro atoms. The summed E-state index contributed by atoms with van der Waals surface area (Å²) in [7, 11) is 0. The molecule has 0 amide bonds. The van der Waals surface area contributed by atoms with E-state index >= 15 is 0 Å². The molecule has 3 aliphatic carbocycles. The molecule has 146 valence electrons. The molecular formula is C24H38O2. The zero-order valence-corrected chi connectivity index (χ0v) is 17.4. The molecule has 0 bridgehead atoms. The van der Waals surface area contributed by atoms with Gasteiger partial charge in [0, 0.05) is 0 Å². The Balaban J connectivity index is 1.86. The second-order valence-electron chi connectivity index (χ2n) is 9.93. The summed E-state index contributed by atoms with van der Waals surface area (Å²) in [5.41, 5.74) is 1.75. The second kappa shape index (κ2) is 7.17. The lowest BCUT2D eigenvalue weighted by Crippen LogP contribution is -2.53. The Morgan fingerprint density at radius 3 is 2.77 bits per heavy atom. The van der Waals surface area contributed by atoms with E-state index in [0.29, 0.717) is 18.4 Å². The van der Waals surface area contributed by atoms with Crippen molar-refractivity contribution in [2.75, 3.05) is 6.61 Å². The minimum Gasteiger partial charge on any atom is -0.465 e. The maximum absolute atomic E-state index is 13.0. The summed E-state index contributed by atoms with van der Waals surface area (Å²) in [5, 5.41) is 0. The number of carbonyl (C=O) groups excluding carboxylic acids is 1. The van der Waals surface area contributed by atoms with Crippen molar-refractivity contribution in [3.8, 4) is 0 Å². The van der Waals surface area contributed by atoms with E-state index in [4.69, 9.17) is 4.74 Å². The van der Waals surface area contributed by atoms with E-state index < -0.39 is 0 Å². The first kappa shape index (κ1) is 19.7. The molecule has 0 radical (unpaired) electrons. The minimum absolute atomic E-state index is 0.0627. The third kappa shape index (κ3) is 3.18. The van der Waals surface area contributed by atoms with Crippen LogP contribution in [0.4, 0.5) is 0 Å². The lowest BCUT2D eigenvalue weighted by molar-refractivity contribution is -0.167. The third-order valence-electron chi connectivity index (χ3n) is 8.02. The minimum atomic E-state index is -0.314. The van der Waals surface area contributed by atoms with Crippen LogP contribution in [0.3, 0.4) is 0 Å². The molecule has 0 aromatic rings. The van der Waals surface area contributed by atoms with Crippen LogP contribution in [-0.2, 0) is 9.53 Å². The lowest BCUT2D eigenvalue weighted by Gasteiger charge is -2.58. The first-order valence-electron chi connectivity index (χ1n) is 10.8. The molecule has 2 nitrogen and oxygen atoms in total. The van der Waals surface area contributed by atoms with Gasteiger partial charge in [0.05, 0.1) is 12.0 Å². The van der Waals surface area contributed by atoms with Gasteiger partial charge < -0.3 is 4.74 Å². The maximum Gasteiger partial charge on any atom is 0.312 e. The molecule has 2 heteroatoms. The molecule has 5 atom stereocenters. The number of ether oxygens (including phenoxy) is 1. The van der Waals surface area contributed by atoms with Crippen molar-refractivity contribution < 1.29 is 9.53 Å². The van der Waals surface area contributed by atoms with Gasteiger partial charge in [-0.2, -0.15) is 0 Å². The van der Waals surface area contributed by atoms with Crippen LogP contribution in [0.5, 0.6) is 0 Å². The van der Waals surface area contributed by atoms with Crippen molar-refractivity contribution in [3.05, 3.63) is 24.3 Å². The average Bonchev–Trinajstić information content (AvgIpc) is 2.61. The number of unbranched alkanes of at least 4 members (excludes halogenated alkanes) is 1. The highest BCUT2D eigenvalue weighted by Crippen LogP contribution is 2.64. The Bertz CT molecular complexity index is 591. The van der Waals surface area contributed by atoms with Gasteiger partial charge in [-0.05, 0) is 74.5 Å². The predicted octanol–water partition coefficient (Wildman–Crippen LogP) is 6.46. The first-order valence-corrected chi connectivity index (χ1v) is 10.8. The largest absolute Gasteiger partial charge is 0.465 e. The number of esters is 1. The summed E-state index contributed by atoms with van der Waals surface area (Å²) in [4.78, 5) is 13.0. The van der Waals surface area contributed by atoms with Crippen LogP contribution >= 0.6 is 0 Å². The summed E-state index contributed by atoms with van der Waals surface area (Å²) >= 11 is 0. The molecule has 3 rings (SSSR count). The van der Waals surface area contributed by atoms with Gasteiger partial charge in [0.25, 0.3) is 0 Å². The quantitative estimate of drug-likeness (QED) is 0.320. The zero-order valence-electron chi connectivity index (χ0n) is 17.4. The SMILES string of the molecule is C=C[C@@]1(C)CC=C2[C@@H](CC[C@@H]3[C@](C)(C(=O)OCCCC)CCC[C@@]23C)C1. The van der Waals surface area contributed by atoms with Gasteiger partial charge in [-0.25, -0.2) is 0 Å². The number of allylic oxidation sites excluding steroid dienone is 3. The molecule has 0 saturated heterocycles. The molecule has 0 aliphatic heterocycles. The predicted molar refractivity (Wildman–Crippen MR) is 108 cm³/mol. The fourth-order valence-electron chi connectivity index (χ4n) is 6.33. The van der Waals surface area contributed by atoms with E-state index in [0.717, 1.165) is 38.5 Å². The maximum atomic E-state index is 13.0. The van der Waals surface area contributed by atoms with Crippen LogP contribution in [-0.4, -0.2) is 12.6 Å². The highest BCUT2D eigenvalue weighted by atomic mass is 16.5. The fourth-order valence-corrected chi connectivity index (χ4v) is 6.33. The first-order chi connectivity index (χ1) is 12.3. The smallest absolute Gasteiger partial charge is 0.312 e. The molecule has 0 N–H and O–H groups in total. The van der Waals surface area contributed by atoms with Crippen molar-refractivity contribution in [2.24, 2.45) is 28.1 Å². The third-order valence-corrected chi connectivity index (χ3v) is 8.02. The summed E-state index contributed by atoms with van der Waals surface area (Å²) < 4.78 is 5.73. The summed E-state index contributed by atoms with van der Waals surface area (Å²) in [5.74, 6) is 1.16. The van der Waals surface area contributed by atoms with Crippen LogP contribution in [0.15, 0.2) is 24.3 Å². The van der Waals surface area contributed by atoms with Crippen molar-refractivity contribution in [2.45, 2.75) is 85.5 Å². The summed E-state index contributed by atoms with van der Waals surface area (Å²) in [6, 6.07) is 0. The monoisotopic (exact) mass is 358 g/mol. The van der Waals surface area contributed by atoms with E-state index in [9.17, 15) is 4.79 Å². The summed E-state index contributed by atoms with van der Waals surface area (Å²) in [6.45, 7) is 13.8. The van der Waals surface area contributed by atoms with Gasteiger partial charge in [-0.1, -0.05) is 51.3 Å². The van der Waals surface area contributed by atoms with E-state index in [1.807, 2.05) is 0 Å². The number of rotatable bonds is 5. The molecular weight excluding hydrogens is 320 g/mol. The van der Waals surface area contributed by atoms with Gasteiger partial charge >= 0.3 is 5.97 Å². The highest BCUT2D eigenvalue weighted by Gasteiger charge is 2.58. The fraction of sp³-hybridized carbons (Fsp3) is 0.792. The Morgan fingerprint density at radius 1 is 1.31 bits per heavy atom. The molecule has 3 aliphatic rings. The molecule has 0 aromatic carbocycles. The summed E-state index contributed by atoms with van der Waals surface area (Å²) in [6.07, 6.45) is 14.8. The Labute approximate surface area is 160 Å². The lowest BCUT2D eigenvalue weighted by atomic mass is 9.46. The van der Waals surface area contributed by atoms with E-state index in [-0.39, 0.29) is 22.2 Å². The van der Waals surface area contributed by atoms with Crippen molar-refractivity contribution in [1.82, 2.24) is 0 Å². The van der Waals surface area contributed by atoms with E-state index in [1.54, 1.807) is 5.57 Å². The van der Waals surface area contributed by atoms with Gasteiger partial charge in [0.15, 0.2) is 0 Å². The van der Waals surface area contributed by atoms with Gasteiger partial charge in [-0.3, -0.25) is 4.79 Å². The van der Waals surface area contributed by atoms with Gasteiger partial charge in [0.1, 0.15) is 0 Å². The highest BCUT2D eigenvalue weighted by molar-refractivity contribution is 5.77. The van der Waals surface area contributed by atoms with Gasteiger partial charge in [-0.15, -0.1) is 6.58 Å². The van der Waals surface area contributed by atoms with E-state index in [1.165, 1.54) is 19.3 Å². The van der Waals surface area contributed by atoms with Gasteiger partial charge in [0.2, 0.25) is 0 Å². The van der Waals surface area contributed by atoms with Crippen LogP contribution < -0.4 is 0 Å². The van der Waals surface area contributed by atoms with Crippen LogP contribution in [0.2, 0.25) is 0 Å². The van der Waals surface area contributed by atoms with Crippen molar-refractivity contribution >= 4 is 5.97 Å². The molecule has 0 heterocycles. The van der Waals surface area contributed by atoms with Crippen LogP contribution in [0.25, 0.3) is 0 Å². The second-order valence-corrected chi connectivity index (χ2v) is 9.93. The molecule has 2 saturated carbocycles. The van der Waals surface area contributed by atoms with Crippen molar-refractivity contribution in [3.63, 3.8) is 0 Å². The Morgan fingerprint density at radius 2 is 2.08 bits per heavy atom. The number of hydrogen-bond donors (Lipinski definition) is 0. The zero-order chi connectivity index (χ0) is 19.0. The molecule has 0 aromatic heterocycles. The standard InChI is InChI=1S/C24H38O2/c1-6-8-16-26-21(25)24(5)14-9-13-23(4)19-12-15-22(3,7-2)17-18(19)10-11-20(23)24/h7,12,18,20H,2,6,8-11,13-17H2,1,3-5H3/t18-,20-,22-,23-,24+/m0/s1. The number of carbonyl (C=O) groups is 1. The number of hydrogen-bond acceptors (Lipinski definition) is 2. The Kier molecular flexibility index (Phi) is 5.43. The average molecular weight is 359 g/mol. The molecule has 26 heavy (non-hydrogen) atoms. The number of fused-ring (bicyclic) bond motifs is 3. The normalized spacial score (nSPS) is 42.2. The van der Waals surface area contributed by atoms with Crippen molar-refractivity contribution in [1.29, 1.82) is 0 Å². The molecule has 2 fully saturated rings. The molecule has 0 unspecified atom stereocenters. The van der Waals surface area contributed by atoms with E-state index in [2.05, 4.69) is 46.4 Å². The Hall–Kier alpha value is -1.05. The van der Waals surface area contributed by atoms with Crippen LogP contribution in [0, 0.1) is 28.1 Å².